The Morgan fingerprint density at radius 1 is 1.32 bits per heavy atom. The van der Waals surface area contributed by atoms with Crippen LogP contribution in [0.4, 0.5) is 0 Å². The number of aromatic nitrogens is 1. The molecule has 2 aliphatic heterocycles. The van der Waals surface area contributed by atoms with E-state index in [4.69, 9.17) is 0 Å². The van der Waals surface area contributed by atoms with E-state index in [1.54, 1.807) is 5.56 Å². The quantitative estimate of drug-likeness (QED) is 0.840. The van der Waals surface area contributed by atoms with Crippen LogP contribution in [0.15, 0.2) is 24.3 Å². The van der Waals surface area contributed by atoms with E-state index in [-0.39, 0.29) is 5.54 Å². The molecule has 2 aromatic rings. The van der Waals surface area contributed by atoms with E-state index >= 15 is 0 Å². The molecule has 0 radical (unpaired) electrons. The molecule has 0 amide bonds. The molecule has 2 atom stereocenters. The molecule has 2 aliphatic rings. The van der Waals surface area contributed by atoms with Crippen molar-refractivity contribution in [3.63, 3.8) is 0 Å². The van der Waals surface area contributed by atoms with Gasteiger partial charge >= 0.3 is 0 Å². The molecule has 0 aliphatic carbocycles. The third kappa shape index (κ3) is 2.11. The number of fused-ring (bicyclic) bond motifs is 5. The molecule has 118 valence electrons. The van der Waals surface area contributed by atoms with Gasteiger partial charge in [0.2, 0.25) is 0 Å². The van der Waals surface area contributed by atoms with Gasteiger partial charge in [0.1, 0.15) is 0 Å². The molecule has 4 rings (SSSR count). The van der Waals surface area contributed by atoms with Crippen molar-refractivity contribution in [2.75, 3.05) is 13.1 Å². The van der Waals surface area contributed by atoms with Crippen LogP contribution in [0.1, 0.15) is 57.2 Å². The van der Waals surface area contributed by atoms with E-state index in [0.717, 1.165) is 5.92 Å². The molecule has 1 saturated heterocycles. The van der Waals surface area contributed by atoms with Gasteiger partial charge < -0.3 is 4.98 Å². The molecule has 0 spiro atoms. The fourth-order valence-electron chi connectivity index (χ4n) is 4.88. The molecule has 22 heavy (non-hydrogen) atoms. The van der Waals surface area contributed by atoms with Crippen LogP contribution in [0.2, 0.25) is 0 Å². The summed E-state index contributed by atoms with van der Waals surface area (Å²) in [6.45, 7) is 7.35. The summed E-state index contributed by atoms with van der Waals surface area (Å²) in [5.74, 6) is 0.906. The van der Waals surface area contributed by atoms with E-state index < -0.39 is 0 Å². The molecule has 1 aromatic heterocycles. The fraction of sp³-hybridized carbons (Fsp3) is 0.600. The van der Waals surface area contributed by atoms with Gasteiger partial charge in [0.15, 0.2) is 0 Å². The van der Waals surface area contributed by atoms with E-state index in [2.05, 4.69) is 48.0 Å². The van der Waals surface area contributed by atoms with Gasteiger partial charge in [0, 0.05) is 23.1 Å². The zero-order valence-electron chi connectivity index (χ0n) is 14.0. The summed E-state index contributed by atoms with van der Waals surface area (Å²) in [6.07, 6.45) is 7.93. The summed E-state index contributed by atoms with van der Waals surface area (Å²) in [5, 5.41) is 1.45. The normalized spacial score (nSPS) is 29.1. The molecule has 0 unspecified atom stereocenters. The zero-order chi connectivity index (χ0) is 15.2. The number of aromatic amines is 1. The van der Waals surface area contributed by atoms with E-state index in [1.807, 2.05) is 0 Å². The molecule has 0 bridgehead atoms. The molecular weight excluding hydrogens is 268 g/mol. The van der Waals surface area contributed by atoms with Gasteiger partial charge in [0.05, 0.1) is 5.54 Å². The number of nitrogens with zero attached hydrogens (tertiary/aromatic N) is 1. The van der Waals surface area contributed by atoms with Crippen molar-refractivity contribution in [2.45, 2.75) is 57.9 Å². The van der Waals surface area contributed by atoms with Crippen LogP contribution >= 0.6 is 0 Å². The van der Waals surface area contributed by atoms with Crippen LogP contribution in [0, 0.1) is 5.92 Å². The predicted molar refractivity (Wildman–Crippen MR) is 93.2 cm³/mol. The Kier molecular flexibility index (Phi) is 3.53. The van der Waals surface area contributed by atoms with Crippen LogP contribution in [0.3, 0.4) is 0 Å². The predicted octanol–water partition coefficient (Wildman–Crippen LogP) is 4.84. The maximum atomic E-state index is 3.80. The number of hydrogen-bond acceptors (Lipinski definition) is 1. The lowest BCUT2D eigenvalue weighted by atomic mass is 9.79. The lowest BCUT2D eigenvalue weighted by Gasteiger charge is -2.47. The lowest BCUT2D eigenvalue weighted by Crippen LogP contribution is -2.50. The smallest absolute Gasteiger partial charge is 0.0586 e. The number of para-hydroxylation sites is 1. The lowest BCUT2D eigenvalue weighted by molar-refractivity contribution is 0.0268. The van der Waals surface area contributed by atoms with Gasteiger partial charge in [-0.1, -0.05) is 31.5 Å². The van der Waals surface area contributed by atoms with Crippen molar-refractivity contribution in [1.29, 1.82) is 0 Å². The van der Waals surface area contributed by atoms with E-state index in [1.165, 1.54) is 68.2 Å². The highest BCUT2D eigenvalue weighted by Gasteiger charge is 2.42. The first-order chi connectivity index (χ1) is 10.7. The second kappa shape index (κ2) is 5.42. The highest BCUT2D eigenvalue weighted by atomic mass is 15.2. The second-order valence-electron chi connectivity index (χ2n) is 7.54. The maximum absolute atomic E-state index is 3.80. The summed E-state index contributed by atoms with van der Waals surface area (Å²) in [6, 6.07) is 8.86. The first-order valence-electron chi connectivity index (χ1n) is 9.07. The summed E-state index contributed by atoms with van der Waals surface area (Å²) in [5.41, 5.74) is 4.65. The van der Waals surface area contributed by atoms with E-state index in [9.17, 15) is 0 Å². The number of H-pyrrole nitrogens is 1. The topological polar surface area (TPSA) is 19.0 Å². The first kappa shape index (κ1) is 14.3. The average Bonchev–Trinajstić information content (AvgIpc) is 2.84. The van der Waals surface area contributed by atoms with Crippen molar-refractivity contribution in [1.82, 2.24) is 9.88 Å². The average molecular weight is 296 g/mol. The highest BCUT2D eigenvalue weighted by molar-refractivity contribution is 5.85. The molecule has 3 heterocycles. The molecule has 1 N–H and O–H groups in total. The summed E-state index contributed by atoms with van der Waals surface area (Å²) in [4.78, 5) is 6.59. The highest BCUT2D eigenvalue weighted by Crippen LogP contribution is 2.44. The van der Waals surface area contributed by atoms with Gasteiger partial charge in [-0.25, -0.2) is 0 Å². The summed E-state index contributed by atoms with van der Waals surface area (Å²) >= 11 is 0. The number of benzene rings is 1. The van der Waals surface area contributed by atoms with Crippen molar-refractivity contribution < 1.29 is 0 Å². The summed E-state index contributed by atoms with van der Waals surface area (Å²) < 4.78 is 0. The Bertz CT molecular complexity index is 671. The van der Waals surface area contributed by atoms with Gasteiger partial charge in [-0.2, -0.15) is 0 Å². The molecule has 0 saturated carbocycles. The number of nitrogens with one attached hydrogen (secondary N) is 1. The standard InChI is InChI=1S/C20H28N2/c1-3-7-15-11-12-20(2)19-17(9-6-13-22(20)14-15)16-8-4-5-10-18(16)21-19/h4-5,8,10,15,21H,3,6-7,9,11-14H2,1-2H3/t15-,20-/m0/s1. The van der Waals surface area contributed by atoms with Gasteiger partial charge in [-0.15, -0.1) is 0 Å². The molecule has 1 aromatic carbocycles. The number of aryl methyl sites for hydroxylation is 1. The van der Waals surface area contributed by atoms with Crippen LogP contribution in [0.5, 0.6) is 0 Å². The monoisotopic (exact) mass is 296 g/mol. The zero-order valence-corrected chi connectivity index (χ0v) is 14.0. The largest absolute Gasteiger partial charge is 0.357 e. The molecular formula is C20H28N2. The van der Waals surface area contributed by atoms with Crippen LogP contribution < -0.4 is 0 Å². The first-order valence-corrected chi connectivity index (χ1v) is 9.07. The Morgan fingerprint density at radius 2 is 2.18 bits per heavy atom. The summed E-state index contributed by atoms with van der Waals surface area (Å²) in [7, 11) is 0. The Labute approximate surface area is 133 Å². The van der Waals surface area contributed by atoms with Gasteiger partial charge in [-0.05, 0) is 63.1 Å². The SMILES string of the molecule is CCC[C@H]1CC[C@@]2(C)c3[nH]c4ccccc4c3CCCN2C1. The third-order valence-electron chi connectivity index (χ3n) is 6.12. The van der Waals surface area contributed by atoms with Crippen LogP contribution in [0.25, 0.3) is 10.9 Å². The van der Waals surface area contributed by atoms with Crippen molar-refractivity contribution >= 4 is 10.9 Å². The van der Waals surface area contributed by atoms with Crippen LogP contribution in [-0.4, -0.2) is 23.0 Å². The molecule has 2 nitrogen and oxygen atoms in total. The third-order valence-corrected chi connectivity index (χ3v) is 6.12. The Morgan fingerprint density at radius 3 is 3.05 bits per heavy atom. The van der Waals surface area contributed by atoms with Crippen molar-refractivity contribution in [3.8, 4) is 0 Å². The van der Waals surface area contributed by atoms with Crippen molar-refractivity contribution in [2.24, 2.45) is 5.92 Å². The molecule has 2 heteroatoms. The van der Waals surface area contributed by atoms with Gasteiger partial charge in [-0.3, -0.25) is 4.90 Å². The number of piperidine rings is 1. The molecule has 1 fully saturated rings. The Balaban J connectivity index is 1.77. The van der Waals surface area contributed by atoms with Crippen molar-refractivity contribution in [3.05, 3.63) is 35.5 Å². The number of rotatable bonds is 2. The van der Waals surface area contributed by atoms with Crippen LogP contribution in [-0.2, 0) is 12.0 Å². The minimum Gasteiger partial charge on any atom is -0.357 e. The fourth-order valence-corrected chi connectivity index (χ4v) is 4.88. The minimum absolute atomic E-state index is 0.217. The van der Waals surface area contributed by atoms with E-state index in [0.29, 0.717) is 0 Å². The Hall–Kier alpha value is -1.28. The minimum atomic E-state index is 0.217. The maximum Gasteiger partial charge on any atom is 0.0586 e. The number of hydrogen-bond donors (Lipinski definition) is 1. The van der Waals surface area contributed by atoms with Gasteiger partial charge in [0.25, 0.3) is 0 Å². The second-order valence-corrected chi connectivity index (χ2v) is 7.54.